The summed E-state index contributed by atoms with van der Waals surface area (Å²) < 4.78 is 0. The predicted molar refractivity (Wildman–Crippen MR) is 65.1 cm³/mol. The van der Waals surface area contributed by atoms with Gasteiger partial charge in [-0.3, -0.25) is 4.79 Å². The zero-order valence-corrected chi connectivity index (χ0v) is 11.0. The number of hydrogen-bond donors (Lipinski definition) is 1. The minimum absolute atomic E-state index is 0.184. The molecule has 0 unspecified atom stereocenters. The lowest BCUT2D eigenvalue weighted by Crippen LogP contribution is -2.43. The Hall–Kier alpha value is -0.570. The van der Waals surface area contributed by atoms with Gasteiger partial charge in [-0.15, -0.1) is 0 Å². The van der Waals surface area contributed by atoms with Gasteiger partial charge >= 0.3 is 0 Å². The van der Waals surface area contributed by atoms with Gasteiger partial charge in [-0.1, -0.05) is 6.92 Å². The summed E-state index contributed by atoms with van der Waals surface area (Å²) in [7, 11) is 1.79. The van der Waals surface area contributed by atoms with Crippen LogP contribution in [-0.2, 0) is 4.79 Å². The first-order chi connectivity index (χ1) is 7.29. The minimum atomic E-state index is -0.799. The van der Waals surface area contributed by atoms with Crippen LogP contribution in [0.3, 0.4) is 0 Å². The monoisotopic (exact) mass is 227 g/mol. The van der Waals surface area contributed by atoms with Crippen LogP contribution in [0.2, 0.25) is 0 Å². The first-order valence-corrected chi connectivity index (χ1v) is 6.27. The second kappa shape index (κ2) is 5.17. The van der Waals surface area contributed by atoms with Gasteiger partial charge in [0.25, 0.3) is 0 Å². The Balaban J connectivity index is 2.45. The summed E-state index contributed by atoms with van der Waals surface area (Å²) >= 11 is 0. The number of likely N-dealkylation sites (N-methyl/N-ethyl adjacent to an activating group) is 1. The van der Waals surface area contributed by atoms with E-state index in [2.05, 4.69) is 6.92 Å². The van der Waals surface area contributed by atoms with Crippen molar-refractivity contribution in [3.05, 3.63) is 0 Å². The number of amides is 1. The Bertz CT molecular complexity index is 237. The van der Waals surface area contributed by atoms with Gasteiger partial charge < -0.3 is 10.0 Å². The Kier molecular flexibility index (Phi) is 4.36. The van der Waals surface area contributed by atoms with E-state index >= 15 is 0 Å². The SMILES string of the molecule is CC1CCC(C(=O)N(C)CC(C)(C)O)CC1. The Labute approximate surface area is 98.8 Å². The number of aliphatic hydroxyl groups is 1. The molecular formula is C13H25NO2. The summed E-state index contributed by atoms with van der Waals surface area (Å²) in [4.78, 5) is 13.8. The number of nitrogens with zero attached hydrogens (tertiary/aromatic N) is 1. The molecule has 0 heterocycles. The van der Waals surface area contributed by atoms with Gasteiger partial charge in [0.15, 0.2) is 0 Å². The molecule has 1 aliphatic rings. The summed E-state index contributed by atoms with van der Waals surface area (Å²) in [6.07, 6.45) is 4.34. The van der Waals surface area contributed by atoms with Gasteiger partial charge in [-0.2, -0.15) is 0 Å². The highest BCUT2D eigenvalue weighted by atomic mass is 16.3. The maximum atomic E-state index is 12.1. The molecule has 1 saturated carbocycles. The number of rotatable bonds is 3. The van der Waals surface area contributed by atoms with Gasteiger partial charge in [0, 0.05) is 19.5 Å². The zero-order chi connectivity index (χ0) is 12.3. The lowest BCUT2D eigenvalue weighted by molar-refractivity contribution is -0.138. The van der Waals surface area contributed by atoms with Crippen LogP contribution in [0.4, 0.5) is 0 Å². The van der Waals surface area contributed by atoms with Gasteiger partial charge in [-0.05, 0) is 45.4 Å². The highest BCUT2D eigenvalue weighted by molar-refractivity contribution is 5.78. The van der Waals surface area contributed by atoms with E-state index in [9.17, 15) is 9.90 Å². The average molecular weight is 227 g/mol. The minimum Gasteiger partial charge on any atom is -0.389 e. The van der Waals surface area contributed by atoms with Crippen molar-refractivity contribution in [2.45, 2.75) is 52.1 Å². The van der Waals surface area contributed by atoms with Crippen LogP contribution in [0, 0.1) is 11.8 Å². The van der Waals surface area contributed by atoms with Gasteiger partial charge in [-0.25, -0.2) is 0 Å². The Morgan fingerprint density at radius 3 is 2.25 bits per heavy atom. The van der Waals surface area contributed by atoms with Crippen molar-refractivity contribution in [1.29, 1.82) is 0 Å². The standard InChI is InChI=1S/C13H25NO2/c1-10-5-7-11(8-6-10)12(15)14(4)9-13(2,3)16/h10-11,16H,5-9H2,1-4H3. The third-order valence-electron chi connectivity index (χ3n) is 3.37. The van der Waals surface area contributed by atoms with E-state index in [-0.39, 0.29) is 11.8 Å². The average Bonchev–Trinajstić information content (AvgIpc) is 2.15. The molecular weight excluding hydrogens is 202 g/mol. The molecule has 1 aliphatic carbocycles. The van der Waals surface area contributed by atoms with E-state index in [1.54, 1.807) is 25.8 Å². The molecule has 0 aromatic carbocycles. The van der Waals surface area contributed by atoms with Gasteiger partial charge in [0.1, 0.15) is 0 Å². The third kappa shape index (κ3) is 4.12. The van der Waals surface area contributed by atoms with Gasteiger partial charge in [0.2, 0.25) is 5.91 Å². The molecule has 94 valence electrons. The maximum Gasteiger partial charge on any atom is 0.225 e. The van der Waals surface area contributed by atoms with E-state index in [0.717, 1.165) is 31.6 Å². The van der Waals surface area contributed by atoms with E-state index in [0.29, 0.717) is 6.54 Å². The number of carbonyl (C=O) groups is 1. The van der Waals surface area contributed by atoms with Crippen molar-refractivity contribution in [3.63, 3.8) is 0 Å². The van der Waals surface area contributed by atoms with Crippen LogP contribution in [0.25, 0.3) is 0 Å². The molecule has 0 saturated heterocycles. The summed E-state index contributed by atoms with van der Waals surface area (Å²) in [5.74, 6) is 1.15. The molecule has 0 bridgehead atoms. The lowest BCUT2D eigenvalue weighted by Gasteiger charge is -2.31. The Morgan fingerprint density at radius 1 is 1.31 bits per heavy atom. The van der Waals surface area contributed by atoms with Crippen molar-refractivity contribution in [1.82, 2.24) is 4.90 Å². The predicted octanol–water partition coefficient (Wildman–Crippen LogP) is 2.04. The zero-order valence-electron chi connectivity index (χ0n) is 11.0. The highest BCUT2D eigenvalue weighted by Gasteiger charge is 2.28. The summed E-state index contributed by atoms with van der Waals surface area (Å²) in [6.45, 7) is 6.14. The van der Waals surface area contributed by atoms with E-state index < -0.39 is 5.60 Å². The third-order valence-corrected chi connectivity index (χ3v) is 3.37. The van der Waals surface area contributed by atoms with Crippen LogP contribution in [0.1, 0.15) is 46.5 Å². The second-order valence-electron chi connectivity index (χ2n) is 5.96. The molecule has 0 aromatic rings. The highest BCUT2D eigenvalue weighted by Crippen LogP contribution is 2.29. The van der Waals surface area contributed by atoms with Crippen LogP contribution >= 0.6 is 0 Å². The first kappa shape index (κ1) is 13.5. The maximum absolute atomic E-state index is 12.1. The van der Waals surface area contributed by atoms with Crippen LogP contribution in [0.5, 0.6) is 0 Å². The van der Waals surface area contributed by atoms with Crippen molar-refractivity contribution in [2.24, 2.45) is 11.8 Å². The van der Waals surface area contributed by atoms with E-state index in [4.69, 9.17) is 0 Å². The molecule has 1 amide bonds. The molecule has 3 heteroatoms. The first-order valence-electron chi connectivity index (χ1n) is 6.27. The molecule has 0 atom stereocenters. The van der Waals surface area contributed by atoms with Crippen LogP contribution < -0.4 is 0 Å². The molecule has 0 aromatic heterocycles. The van der Waals surface area contributed by atoms with Crippen LogP contribution in [-0.4, -0.2) is 35.1 Å². The normalized spacial score (nSPS) is 26.6. The molecule has 1 N–H and O–H groups in total. The molecule has 1 fully saturated rings. The fraction of sp³-hybridized carbons (Fsp3) is 0.923. The second-order valence-corrected chi connectivity index (χ2v) is 5.96. The molecule has 0 aliphatic heterocycles. The quantitative estimate of drug-likeness (QED) is 0.801. The van der Waals surface area contributed by atoms with E-state index in [1.165, 1.54) is 0 Å². The summed E-state index contributed by atoms with van der Waals surface area (Å²) in [6, 6.07) is 0. The van der Waals surface area contributed by atoms with Gasteiger partial charge in [0.05, 0.1) is 5.60 Å². The molecule has 1 rings (SSSR count). The summed E-state index contributed by atoms with van der Waals surface area (Å²) in [5.41, 5.74) is -0.799. The largest absolute Gasteiger partial charge is 0.389 e. The van der Waals surface area contributed by atoms with Crippen molar-refractivity contribution in [2.75, 3.05) is 13.6 Å². The topological polar surface area (TPSA) is 40.5 Å². The van der Waals surface area contributed by atoms with Crippen LogP contribution in [0.15, 0.2) is 0 Å². The molecule has 16 heavy (non-hydrogen) atoms. The summed E-state index contributed by atoms with van der Waals surface area (Å²) in [5, 5.41) is 9.68. The molecule has 0 radical (unpaired) electrons. The van der Waals surface area contributed by atoms with Crippen molar-refractivity contribution >= 4 is 5.91 Å². The lowest BCUT2D eigenvalue weighted by atomic mass is 9.82. The molecule has 3 nitrogen and oxygen atoms in total. The molecule has 0 spiro atoms. The van der Waals surface area contributed by atoms with E-state index in [1.807, 2.05) is 0 Å². The number of carbonyl (C=O) groups excluding carboxylic acids is 1. The fourth-order valence-electron chi connectivity index (χ4n) is 2.48. The smallest absolute Gasteiger partial charge is 0.225 e. The van der Waals surface area contributed by atoms with Crippen molar-refractivity contribution in [3.8, 4) is 0 Å². The van der Waals surface area contributed by atoms with Crippen molar-refractivity contribution < 1.29 is 9.90 Å². The fourth-order valence-corrected chi connectivity index (χ4v) is 2.48. The number of hydrogen-bond acceptors (Lipinski definition) is 2. The Morgan fingerprint density at radius 2 is 1.81 bits per heavy atom.